The summed E-state index contributed by atoms with van der Waals surface area (Å²) in [7, 11) is 0. The van der Waals surface area contributed by atoms with Gasteiger partial charge in [-0.2, -0.15) is 0 Å². The monoisotopic (exact) mass is 204 g/mol. The van der Waals surface area contributed by atoms with Crippen LogP contribution >= 0.6 is 11.6 Å². The van der Waals surface area contributed by atoms with Crippen LogP contribution in [0.2, 0.25) is 5.02 Å². The SMILES string of the molecule is Clc1ccc2ncn3cnnc3c2c1. The zero-order valence-electron chi connectivity index (χ0n) is 7.05. The van der Waals surface area contributed by atoms with E-state index in [2.05, 4.69) is 15.2 Å². The zero-order chi connectivity index (χ0) is 9.54. The Morgan fingerprint density at radius 3 is 3.07 bits per heavy atom. The second-order valence-corrected chi connectivity index (χ2v) is 3.40. The summed E-state index contributed by atoms with van der Waals surface area (Å²) in [5.74, 6) is 0. The molecular weight excluding hydrogens is 200 g/mol. The van der Waals surface area contributed by atoms with Crippen molar-refractivity contribution in [3.63, 3.8) is 0 Å². The fourth-order valence-corrected chi connectivity index (χ4v) is 1.62. The highest BCUT2D eigenvalue weighted by atomic mass is 35.5. The molecule has 1 aromatic carbocycles. The average Bonchev–Trinajstić information content (AvgIpc) is 2.65. The van der Waals surface area contributed by atoms with Crippen LogP contribution in [0.15, 0.2) is 30.9 Å². The van der Waals surface area contributed by atoms with Gasteiger partial charge in [-0.05, 0) is 18.2 Å². The van der Waals surface area contributed by atoms with E-state index in [-0.39, 0.29) is 0 Å². The lowest BCUT2D eigenvalue weighted by molar-refractivity contribution is 1.08. The summed E-state index contributed by atoms with van der Waals surface area (Å²) in [6, 6.07) is 5.52. The quantitative estimate of drug-likeness (QED) is 0.562. The lowest BCUT2D eigenvalue weighted by atomic mass is 10.2. The number of halogens is 1. The van der Waals surface area contributed by atoms with Crippen LogP contribution < -0.4 is 0 Å². The van der Waals surface area contributed by atoms with E-state index >= 15 is 0 Å². The molecule has 68 valence electrons. The van der Waals surface area contributed by atoms with Crippen molar-refractivity contribution in [3.05, 3.63) is 35.9 Å². The molecule has 0 unspecified atom stereocenters. The standard InChI is InChI=1S/C9H5ClN4/c10-6-1-2-8-7(3-6)9-13-12-5-14(9)4-11-8/h1-5H. The van der Waals surface area contributed by atoms with Crippen molar-refractivity contribution in [2.24, 2.45) is 0 Å². The van der Waals surface area contributed by atoms with E-state index in [1.807, 2.05) is 18.2 Å². The Morgan fingerprint density at radius 1 is 1.21 bits per heavy atom. The molecule has 0 aliphatic heterocycles. The summed E-state index contributed by atoms with van der Waals surface area (Å²) < 4.78 is 1.76. The topological polar surface area (TPSA) is 43.1 Å². The largest absolute Gasteiger partial charge is 0.271 e. The van der Waals surface area contributed by atoms with Gasteiger partial charge in [-0.15, -0.1) is 10.2 Å². The molecule has 0 fully saturated rings. The van der Waals surface area contributed by atoms with Crippen LogP contribution in [0.4, 0.5) is 0 Å². The third-order valence-corrected chi connectivity index (χ3v) is 2.33. The zero-order valence-corrected chi connectivity index (χ0v) is 7.81. The minimum atomic E-state index is 0.676. The molecule has 5 heteroatoms. The van der Waals surface area contributed by atoms with Crippen molar-refractivity contribution in [2.75, 3.05) is 0 Å². The molecule has 2 aromatic heterocycles. The predicted octanol–water partition coefficient (Wildman–Crippen LogP) is 1.93. The highest BCUT2D eigenvalue weighted by Gasteiger charge is 2.03. The molecule has 0 N–H and O–H groups in total. The van der Waals surface area contributed by atoms with E-state index in [1.165, 1.54) is 0 Å². The number of nitrogens with zero attached hydrogens (tertiary/aromatic N) is 4. The summed E-state index contributed by atoms with van der Waals surface area (Å²) in [5.41, 5.74) is 1.65. The van der Waals surface area contributed by atoms with Crippen molar-refractivity contribution in [1.29, 1.82) is 0 Å². The smallest absolute Gasteiger partial charge is 0.171 e. The van der Waals surface area contributed by atoms with E-state index in [1.54, 1.807) is 17.1 Å². The van der Waals surface area contributed by atoms with Crippen LogP contribution in [0.25, 0.3) is 16.6 Å². The maximum absolute atomic E-state index is 5.90. The molecule has 0 spiro atoms. The Hall–Kier alpha value is -1.68. The van der Waals surface area contributed by atoms with Gasteiger partial charge in [-0.25, -0.2) is 4.98 Å². The van der Waals surface area contributed by atoms with Crippen LogP contribution in [-0.2, 0) is 0 Å². The normalized spacial score (nSPS) is 11.2. The van der Waals surface area contributed by atoms with E-state index in [4.69, 9.17) is 11.6 Å². The summed E-state index contributed by atoms with van der Waals surface area (Å²) in [4.78, 5) is 4.25. The Kier molecular flexibility index (Phi) is 1.46. The number of hydrogen-bond donors (Lipinski definition) is 0. The maximum Gasteiger partial charge on any atom is 0.171 e. The highest BCUT2D eigenvalue weighted by Crippen LogP contribution is 2.20. The second-order valence-electron chi connectivity index (χ2n) is 2.97. The van der Waals surface area contributed by atoms with E-state index in [9.17, 15) is 0 Å². The summed E-state index contributed by atoms with van der Waals surface area (Å²) in [6.45, 7) is 0. The van der Waals surface area contributed by atoms with E-state index < -0.39 is 0 Å². The van der Waals surface area contributed by atoms with Crippen LogP contribution in [0.3, 0.4) is 0 Å². The number of benzene rings is 1. The molecule has 0 bridgehead atoms. The lowest BCUT2D eigenvalue weighted by Crippen LogP contribution is -1.88. The van der Waals surface area contributed by atoms with Gasteiger partial charge in [0.1, 0.15) is 12.7 Å². The van der Waals surface area contributed by atoms with Gasteiger partial charge < -0.3 is 0 Å². The van der Waals surface area contributed by atoms with Gasteiger partial charge in [-0.3, -0.25) is 4.40 Å². The Balaban J connectivity index is 2.60. The van der Waals surface area contributed by atoms with Gasteiger partial charge in [-0.1, -0.05) is 11.6 Å². The summed E-state index contributed by atoms with van der Waals surface area (Å²) in [5, 5.41) is 9.40. The third kappa shape index (κ3) is 0.975. The van der Waals surface area contributed by atoms with Gasteiger partial charge in [0.25, 0.3) is 0 Å². The first-order valence-electron chi connectivity index (χ1n) is 4.08. The fraction of sp³-hybridized carbons (Fsp3) is 0. The van der Waals surface area contributed by atoms with E-state index in [0.29, 0.717) is 5.02 Å². The number of rotatable bonds is 0. The van der Waals surface area contributed by atoms with Crippen molar-refractivity contribution in [1.82, 2.24) is 19.6 Å². The Morgan fingerprint density at radius 2 is 2.14 bits per heavy atom. The molecule has 0 aliphatic carbocycles. The second kappa shape index (κ2) is 2.65. The lowest BCUT2D eigenvalue weighted by Gasteiger charge is -1.98. The molecule has 3 rings (SSSR count). The number of fused-ring (bicyclic) bond motifs is 3. The van der Waals surface area contributed by atoms with Crippen molar-refractivity contribution >= 4 is 28.2 Å². The molecule has 0 saturated heterocycles. The first-order valence-corrected chi connectivity index (χ1v) is 4.46. The summed E-state index contributed by atoms with van der Waals surface area (Å²) in [6.07, 6.45) is 3.30. The average molecular weight is 205 g/mol. The first-order chi connectivity index (χ1) is 6.84. The molecule has 0 aliphatic rings. The fourth-order valence-electron chi connectivity index (χ4n) is 1.44. The highest BCUT2D eigenvalue weighted by molar-refractivity contribution is 6.31. The minimum absolute atomic E-state index is 0.676. The van der Waals surface area contributed by atoms with E-state index in [0.717, 1.165) is 16.6 Å². The molecule has 4 nitrogen and oxygen atoms in total. The van der Waals surface area contributed by atoms with Gasteiger partial charge in [0.15, 0.2) is 5.65 Å². The van der Waals surface area contributed by atoms with Crippen molar-refractivity contribution in [3.8, 4) is 0 Å². The molecule has 0 atom stereocenters. The molecule has 0 radical (unpaired) electrons. The van der Waals surface area contributed by atoms with Crippen molar-refractivity contribution < 1.29 is 0 Å². The first kappa shape index (κ1) is 7.70. The predicted molar refractivity (Wildman–Crippen MR) is 53.3 cm³/mol. The van der Waals surface area contributed by atoms with Crippen molar-refractivity contribution in [2.45, 2.75) is 0 Å². The van der Waals surface area contributed by atoms with Gasteiger partial charge in [0, 0.05) is 10.4 Å². The van der Waals surface area contributed by atoms with Gasteiger partial charge in [0.05, 0.1) is 5.52 Å². The van der Waals surface area contributed by atoms with Gasteiger partial charge in [0.2, 0.25) is 0 Å². The maximum atomic E-state index is 5.90. The van der Waals surface area contributed by atoms with Crippen LogP contribution in [0.1, 0.15) is 0 Å². The van der Waals surface area contributed by atoms with Crippen LogP contribution in [0, 0.1) is 0 Å². The molecule has 0 amide bonds. The number of hydrogen-bond acceptors (Lipinski definition) is 3. The Labute approximate surface area is 84.2 Å². The molecule has 2 heterocycles. The summed E-state index contributed by atoms with van der Waals surface area (Å²) >= 11 is 5.90. The Bertz CT molecular complexity index is 616. The number of aromatic nitrogens is 4. The molecule has 0 saturated carbocycles. The molecule has 14 heavy (non-hydrogen) atoms. The van der Waals surface area contributed by atoms with Crippen LogP contribution in [0.5, 0.6) is 0 Å². The third-order valence-electron chi connectivity index (χ3n) is 2.09. The molecular formula is C9H5ClN4. The molecule has 3 aromatic rings. The minimum Gasteiger partial charge on any atom is -0.271 e. The van der Waals surface area contributed by atoms with Crippen LogP contribution in [-0.4, -0.2) is 19.6 Å². The van der Waals surface area contributed by atoms with Gasteiger partial charge >= 0.3 is 0 Å².